The Morgan fingerprint density at radius 2 is 1.83 bits per heavy atom. The summed E-state index contributed by atoms with van der Waals surface area (Å²) in [5.41, 5.74) is 7.62. The van der Waals surface area contributed by atoms with Gasteiger partial charge in [0.15, 0.2) is 0 Å². The van der Waals surface area contributed by atoms with E-state index in [1.54, 1.807) is 7.11 Å². The zero-order chi connectivity index (χ0) is 17.4. The lowest BCUT2D eigenvalue weighted by Crippen LogP contribution is -2.35. The van der Waals surface area contributed by atoms with Crippen LogP contribution in [0.1, 0.15) is 23.6 Å². The third kappa shape index (κ3) is 5.34. The van der Waals surface area contributed by atoms with Crippen molar-refractivity contribution in [2.24, 2.45) is 5.73 Å². The largest absolute Gasteiger partial charge is 0.380 e. The summed E-state index contributed by atoms with van der Waals surface area (Å²) in [7, 11) is 1.56. The van der Waals surface area contributed by atoms with Gasteiger partial charge in [0.1, 0.15) is 0 Å². The summed E-state index contributed by atoms with van der Waals surface area (Å²) < 4.78 is 5.19. The predicted octanol–water partition coefficient (Wildman–Crippen LogP) is 3.10. The molecule has 4 nitrogen and oxygen atoms in total. The zero-order valence-electron chi connectivity index (χ0n) is 13.7. The number of halogens is 1. The fourth-order valence-electron chi connectivity index (χ4n) is 2.54. The Labute approximate surface area is 148 Å². The Morgan fingerprint density at radius 1 is 1.17 bits per heavy atom. The Balaban J connectivity index is 2.15. The van der Waals surface area contributed by atoms with Crippen molar-refractivity contribution in [2.75, 3.05) is 13.7 Å². The molecule has 2 atom stereocenters. The Morgan fingerprint density at radius 3 is 2.46 bits per heavy atom. The molecule has 0 heterocycles. The first-order valence-electron chi connectivity index (χ1n) is 7.94. The van der Waals surface area contributed by atoms with Gasteiger partial charge < -0.3 is 15.8 Å². The standard InChI is InChI=1S/C19H23ClN2O2/c1-24-16(13-21)12-19(23)22-18(14-7-3-2-4-8-14)11-15-9-5-6-10-17(15)20/h2-10,16,18H,11-13,21H2,1H3,(H,22,23). The minimum atomic E-state index is -0.276. The average molecular weight is 347 g/mol. The number of nitrogens with two attached hydrogens (primary N) is 1. The fourth-order valence-corrected chi connectivity index (χ4v) is 2.76. The zero-order valence-corrected chi connectivity index (χ0v) is 14.5. The maximum atomic E-state index is 12.4. The number of hydrogen-bond donors (Lipinski definition) is 2. The van der Waals surface area contributed by atoms with E-state index >= 15 is 0 Å². The highest BCUT2D eigenvalue weighted by molar-refractivity contribution is 6.31. The van der Waals surface area contributed by atoms with Gasteiger partial charge in [0.25, 0.3) is 0 Å². The van der Waals surface area contributed by atoms with Gasteiger partial charge in [0.2, 0.25) is 5.91 Å². The second kappa shape index (κ2) is 9.42. The van der Waals surface area contributed by atoms with Crippen molar-refractivity contribution in [2.45, 2.75) is 25.0 Å². The molecule has 5 heteroatoms. The van der Waals surface area contributed by atoms with Crippen LogP contribution in [0.5, 0.6) is 0 Å². The smallest absolute Gasteiger partial charge is 0.223 e. The second-order valence-electron chi connectivity index (χ2n) is 5.62. The SMILES string of the molecule is COC(CN)CC(=O)NC(Cc1ccccc1Cl)c1ccccc1. The summed E-state index contributed by atoms with van der Waals surface area (Å²) >= 11 is 6.27. The number of nitrogens with one attached hydrogen (secondary N) is 1. The van der Waals surface area contributed by atoms with Crippen LogP contribution in [0.4, 0.5) is 0 Å². The minimum absolute atomic E-state index is 0.0896. The van der Waals surface area contributed by atoms with Crippen LogP contribution >= 0.6 is 11.6 Å². The number of benzene rings is 2. The summed E-state index contributed by atoms with van der Waals surface area (Å²) in [4.78, 5) is 12.4. The van der Waals surface area contributed by atoms with Gasteiger partial charge >= 0.3 is 0 Å². The second-order valence-corrected chi connectivity index (χ2v) is 6.03. The molecule has 1 amide bonds. The van der Waals surface area contributed by atoms with E-state index in [1.165, 1.54) is 0 Å². The van der Waals surface area contributed by atoms with E-state index in [9.17, 15) is 4.79 Å². The molecule has 0 fully saturated rings. The molecule has 2 rings (SSSR count). The van der Waals surface area contributed by atoms with Crippen LogP contribution in [0.2, 0.25) is 5.02 Å². The number of hydrogen-bond acceptors (Lipinski definition) is 3. The van der Waals surface area contributed by atoms with E-state index in [0.717, 1.165) is 11.1 Å². The van der Waals surface area contributed by atoms with Gasteiger partial charge in [-0.25, -0.2) is 0 Å². The van der Waals surface area contributed by atoms with E-state index in [-0.39, 0.29) is 24.5 Å². The van der Waals surface area contributed by atoms with Gasteiger partial charge in [-0.1, -0.05) is 60.1 Å². The summed E-state index contributed by atoms with van der Waals surface area (Å²) in [6.07, 6.45) is 0.580. The molecule has 0 aliphatic rings. The Bertz CT molecular complexity index is 645. The summed E-state index contributed by atoms with van der Waals surface area (Å²) in [5, 5.41) is 3.77. The summed E-state index contributed by atoms with van der Waals surface area (Å²) in [5.74, 6) is -0.0896. The molecule has 0 aliphatic heterocycles. The van der Waals surface area contributed by atoms with E-state index in [4.69, 9.17) is 22.1 Å². The van der Waals surface area contributed by atoms with Crippen LogP contribution < -0.4 is 11.1 Å². The van der Waals surface area contributed by atoms with Gasteiger partial charge in [0, 0.05) is 18.7 Å². The molecule has 2 aromatic carbocycles. The molecule has 0 saturated heterocycles. The molecule has 3 N–H and O–H groups in total. The van der Waals surface area contributed by atoms with Crippen molar-refractivity contribution < 1.29 is 9.53 Å². The number of amides is 1. The van der Waals surface area contributed by atoms with Crippen molar-refractivity contribution in [3.8, 4) is 0 Å². The van der Waals surface area contributed by atoms with Gasteiger partial charge in [0.05, 0.1) is 18.6 Å². The quantitative estimate of drug-likeness (QED) is 0.772. The first kappa shape index (κ1) is 18.5. The average Bonchev–Trinajstić information content (AvgIpc) is 2.61. The fraction of sp³-hybridized carbons (Fsp3) is 0.316. The van der Waals surface area contributed by atoms with Crippen LogP contribution in [-0.2, 0) is 16.0 Å². The molecular formula is C19H23ClN2O2. The van der Waals surface area contributed by atoms with Crippen LogP contribution in [-0.4, -0.2) is 25.7 Å². The van der Waals surface area contributed by atoms with Gasteiger partial charge in [-0.3, -0.25) is 4.79 Å². The monoisotopic (exact) mass is 346 g/mol. The molecule has 24 heavy (non-hydrogen) atoms. The minimum Gasteiger partial charge on any atom is -0.380 e. The van der Waals surface area contributed by atoms with Crippen LogP contribution in [0.3, 0.4) is 0 Å². The van der Waals surface area contributed by atoms with E-state index in [2.05, 4.69) is 5.32 Å². The molecule has 128 valence electrons. The molecule has 0 bridgehead atoms. The topological polar surface area (TPSA) is 64.3 Å². The van der Waals surface area contributed by atoms with Crippen molar-refractivity contribution in [1.82, 2.24) is 5.32 Å². The van der Waals surface area contributed by atoms with Gasteiger partial charge in [-0.05, 0) is 23.6 Å². The molecule has 0 saturated carbocycles. The van der Waals surface area contributed by atoms with Gasteiger partial charge in [-0.2, -0.15) is 0 Å². The lowest BCUT2D eigenvalue weighted by atomic mass is 9.98. The maximum absolute atomic E-state index is 12.4. The third-order valence-electron chi connectivity index (χ3n) is 3.93. The number of carbonyl (C=O) groups excluding carboxylic acids is 1. The molecule has 2 unspecified atom stereocenters. The normalized spacial score (nSPS) is 13.3. The maximum Gasteiger partial charge on any atom is 0.223 e. The van der Waals surface area contributed by atoms with E-state index < -0.39 is 0 Å². The Hall–Kier alpha value is -1.88. The summed E-state index contributed by atoms with van der Waals surface area (Å²) in [6.45, 7) is 0.310. The molecule has 0 spiro atoms. The highest BCUT2D eigenvalue weighted by Crippen LogP contribution is 2.23. The predicted molar refractivity (Wildman–Crippen MR) is 97.0 cm³/mol. The van der Waals surface area contributed by atoms with Crippen LogP contribution in [0.25, 0.3) is 0 Å². The number of ether oxygens (including phenoxy) is 1. The van der Waals surface area contributed by atoms with Crippen molar-refractivity contribution in [3.63, 3.8) is 0 Å². The molecule has 0 aliphatic carbocycles. The molecule has 0 aromatic heterocycles. The third-order valence-corrected chi connectivity index (χ3v) is 4.30. The summed E-state index contributed by atoms with van der Waals surface area (Å²) in [6, 6.07) is 17.4. The van der Waals surface area contributed by atoms with Crippen LogP contribution in [0, 0.1) is 0 Å². The number of methoxy groups -OCH3 is 1. The molecular weight excluding hydrogens is 324 g/mol. The van der Waals surface area contributed by atoms with E-state index in [1.807, 2.05) is 54.6 Å². The lowest BCUT2D eigenvalue weighted by molar-refractivity contribution is -0.124. The lowest BCUT2D eigenvalue weighted by Gasteiger charge is -2.21. The first-order valence-corrected chi connectivity index (χ1v) is 8.32. The highest BCUT2D eigenvalue weighted by Gasteiger charge is 2.18. The van der Waals surface area contributed by atoms with Crippen molar-refractivity contribution in [1.29, 1.82) is 0 Å². The van der Waals surface area contributed by atoms with E-state index in [0.29, 0.717) is 18.0 Å². The Kier molecular flexibility index (Phi) is 7.25. The first-order chi connectivity index (χ1) is 11.6. The van der Waals surface area contributed by atoms with Crippen molar-refractivity contribution >= 4 is 17.5 Å². The molecule has 2 aromatic rings. The highest BCUT2D eigenvalue weighted by atomic mass is 35.5. The number of rotatable bonds is 8. The number of carbonyl (C=O) groups is 1. The van der Waals surface area contributed by atoms with Crippen molar-refractivity contribution in [3.05, 3.63) is 70.7 Å². The molecule has 0 radical (unpaired) electrons. The van der Waals surface area contributed by atoms with Gasteiger partial charge in [-0.15, -0.1) is 0 Å². The van der Waals surface area contributed by atoms with Crippen LogP contribution in [0.15, 0.2) is 54.6 Å².